The number of halogens is 5. The van der Waals surface area contributed by atoms with Gasteiger partial charge in [-0.3, -0.25) is 4.98 Å². The highest BCUT2D eigenvalue weighted by atomic mass is 79.9. The van der Waals surface area contributed by atoms with Gasteiger partial charge in [-0.2, -0.15) is 13.2 Å². The van der Waals surface area contributed by atoms with Gasteiger partial charge < -0.3 is 4.74 Å². The van der Waals surface area contributed by atoms with Gasteiger partial charge in [0.2, 0.25) is 0 Å². The summed E-state index contributed by atoms with van der Waals surface area (Å²) in [7, 11) is 0. The Balaban J connectivity index is 2.23. The molecule has 0 bridgehead atoms. The molecule has 0 aliphatic rings. The first-order valence-electron chi connectivity index (χ1n) is 5.88. The molecule has 0 radical (unpaired) electrons. The highest BCUT2D eigenvalue weighted by Crippen LogP contribution is 2.37. The second kappa shape index (κ2) is 6.66. The van der Waals surface area contributed by atoms with Crippen molar-refractivity contribution in [2.75, 3.05) is 0 Å². The molecule has 0 amide bonds. The van der Waals surface area contributed by atoms with Crippen LogP contribution in [0.4, 0.5) is 13.2 Å². The number of benzene rings is 1. The molecule has 1 aromatic carbocycles. The fourth-order valence-electron chi connectivity index (χ4n) is 1.70. The van der Waals surface area contributed by atoms with Crippen molar-refractivity contribution in [2.24, 2.45) is 0 Å². The average Bonchev–Trinajstić information content (AvgIpc) is 2.44. The molecule has 1 aromatic heterocycles. The van der Waals surface area contributed by atoms with Crippen molar-refractivity contribution < 1.29 is 17.9 Å². The lowest BCUT2D eigenvalue weighted by atomic mass is 10.1. The Hall–Kier alpha value is -1.27. The van der Waals surface area contributed by atoms with Crippen molar-refractivity contribution in [2.45, 2.75) is 18.7 Å². The SMILES string of the molecule is FC(F)(F)c1cc(CCl)ccc1OCc1cncc(Br)c1. The van der Waals surface area contributed by atoms with E-state index in [0.717, 1.165) is 10.5 Å². The summed E-state index contributed by atoms with van der Waals surface area (Å²) in [5.74, 6) is -0.213. The predicted octanol–water partition coefficient (Wildman–Crippen LogP) is 5.18. The van der Waals surface area contributed by atoms with Crippen LogP contribution < -0.4 is 4.74 Å². The highest BCUT2D eigenvalue weighted by molar-refractivity contribution is 9.10. The molecule has 0 spiro atoms. The lowest BCUT2D eigenvalue weighted by Gasteiger charge is -2.15. The largest absolute Gasteiger partial charge is 0.488 e. The van der Waals surface area contributed by atoms with Gasteiger partial charge in [0.15, 0.2) is 0 Å². The van der Waals surface area contributed by atoms with Crippen molar-refractivity contribution in [1.29, 1.82) is 0 Å². The minimum atomic E-state index is -4.49. The fraction of sp³-hybridized carbons (Fsp3) is 0.214. The molecular weight excluding hydrogens is 371 g/mol. The molecule has 0 N–H and O–H groups in total. The van der Waals surface area contributed by atoms with E-state index in [9.17, 15) is 13.2 Å². The Morgan fingerprint density at radius 3 is 2.52 bits per heavy atom. The van der Waals surface area contributed by atoms with Crippen LogP contribution in [-0.2, 0) is 18.7 Å². The van der Waals surface area contributed by atoms with E-state index >= 15 is 0 Å². The summed E-state index contributed by atoms with van der Waals surface area (Å²) in [5.41, 5.74) is 0.225. The Morgan fingerprint density at radius 1 is 1.14 bits per heavy atom. The van der Waals surface area contributed by atoms with E-state index in [4.69, 9.17) is 16.3 Å². The number of aromatic nitrogens is 1. The number of pyridine rings is 1. The molecule has 112 valence electrons. The molecule has 2 rings (SSSR count). The van der Waals surface area contributed by atoms with Crippen molar-refractivity contribution in [3.63, 3.8) is 0 Å². The van der Waals surface area contributed by atoms with Crippen LogP contribution in [0.15, 0.2) is 41.1 Å². The van der Waals surface area contributed by atoms with Crippen molar-refractivity contribution >= 4 is 27.5 Å². The summed E-state index contributed by atoms with van der Waals surface area (Å²) in [6.07, 6.45) is -1.38. The van der Waals surface area contributed by atoms with Crippen LogP contribution in [-0.4, -0.2) is 4.98 Å². The Labute approximate surface area is 133 Å². The number of nitrogens with zero attached hydrogens (tertiary/aromatic N) is 1. The third-order valence-corrected chi connectivity index (χ3v) is 3.40. The molecule has 0 unspecified atom stereocenters. The molecule has 0 saturated heterocycles. The zero-order chi connectivity index (χ0) is 15.5. The first kappa shape index (κ1) is 16.1. The minimum Gasteiger partial charge on any atom is -0.488 e. The maximum atomic E-state index is 13.0. The maximum absolute atomic E-state index is 13.0. The topological polar surface area (TPSA) is 22.1 Å². The predicted molar refractivity (Wildman–Crippen MR) is 77.3 cm³/mol. The lowest BCUT2D eigenvalue weighted by molar-refractivity contribution is -0.139. The third kappa shape index (κ3) is 4.35. The van der Waals surface area contributed by atoms with Crippen molar-refractivity contribution in [1.82, 2.24) is 4.98 Å². The molecule has 0 aliphatic heterocycles. The van der Waals surface area contributed by atoms with E-state index in [-0.39, 0.29) is 18.2 Å². The second-order valence-corrected chi connectivity index (χ2v) is 5.44. The molecule has 0 aliphatic carbocycles. The second-order valence-electron chi connectivity index (χ2n) is 4.26. The summed E-state index contributed by atoms with van der Waals surface area (Å²) < 4.78 is 45.0. The number of hydrogen-bond donors (Lipinski definition) is 0. The van der Waals surface area contributed by atoms with E-state index < -0.39 is 11.7 Å². The standard InChI is InChI=1S/C14H10BrClF3NO/c15-11-3-10(6-20-7-11)8-21-13-2-1-9(5-16)4-12(13)14(17,18)19/h1-4,6-7H,5,8H2. The van der Waals surface area contributed by atoms with Crippen LogP contribution in [0.5, 0.6) is 5.75 Å². The van der Waals surface area contributed by atoms with Crippen molar-refractivity contribution in [3.8, 4) is 5.75 Å². The third-order valence-electron chi connectivity index (χ3n) is 2.66. The summed E-state index contributed by atoms with van der Waals surface area (Å²) in [4.78, 5) is 3.93. The molecular formula is C14H10BrClF3NO. The molecule has 0 saturated carbocycles. The first-order chi connectivity index (χ1) is 9.90. The number of ether oxygens (including phenoxy) is 1. The van der Waals surface area contributed by atoms with Gasteiger partial charge in [0, 0.05) is 28.3 Å². The summed E-state index contributed by atoms with van der Waals surface area (Å²) in [6.45, 7) is -0.00422. The minimum absolute atomic E-state index is 0.00422. The fourth-order valence-corrected chi connectivity index (χ4v) is 2.28. The van der Waals surface area contributed by atoms with E-state index in [2.05, 4.69) is 20.9 Å². The number of hydrogen-bond acceptors (Lipinski definition) is 2. The molecule has 0 atom stereocenters. The van der Waals surface area contributed by atoms with Crippen LogP contribution in [0.2, 0.25) is 0 Å². The van der Waals surface area contributed by atoms with Gasteiger partial charge in [0.1, 0.15) is 12.4 Å². The first-order valence-corrected chi connectivity index (χ1v) is 7.21. The smallest absolute Gasteiger partial charge is 0.419 e. The zero-order valence-electron chi connectivity index (χ0n) is 10.6. The van der Waals surface area contributed by atoms with Crippen LogP contribution in [0, 0.1) is 0 Å². The Kier molecular flexibility index (Phi) is 5.11. The van der Waals surface area contributed by atoms with Gasteiger partial charge in [0.05, 0.1) is 5.56 Å². The Bertz CT molecular complexity index is 634. The highest BCUT2D eigenvalue weighted by Gasteiger charge is 2.34. The summed E-state index contributed by atoms with van der Waals surface area (Å²) in [6, 6.07) is 5.53. The van der Waals surface area contributed by atoms with Gasteiger partial charge in [-0.1, -0.05) is 6.07 Å². The molecule has 1 heterocycles. The Morgan fingerprint density at radius 2 is 1.90 bits per heavy atom. The summed E-state index contributed by atoms with van der Waals surface area (Å²) >= 11 is 8.81. The lowest BCUT2D eigenvalue weighted by Crippen LogP contribution is -2.09. The number of alkyl halides is 4. The van der Waals surface area contributed by atoms with Crippen LogP contribution in [0.3, 0.4) is 0 Å². The molecule has 0 fully saturated rings. The van der Waals surface area contributed by atoms with Crippen molar-refractivity contribution in [3.05, 3.63) is 57.8 Å². The van der Waals surface area contributed by atoms with Gasteiger partial charge in [0.25, 0.3) is 0 Å². The van der Waals surface area contributed by atoms with E-state index in [1.807, 2.05) is 0 Å². The maximum Gasteiger partial charge on any atom is 0.419 e. The average molecular weight is 381 g/mol. The summed E-state index contributed by atoms with van der Waals surface area (Å²) in [5, 5.41) is 0. The molecule has 2 nitrogen and oxygen atoms in total. The molecule has 21 heavy (non-hydrogen) atoms. The van der Waals surface area contributed by atoms with E-state index in [1.54, 1.807) is 12.3 Å². The van der Waals surface area contributed by atoms with Gasteiger partial charge in [-0.05, 0) is 39.7 Å². The number of rotatable bonds is 4. The van der Waals surface area contributed by atoms with Crippen LogP contribution in [0.1, 0.15) is 16.7 Å². The zero-order valence-corrected chi connectivity index (χ0v) is 13.0. The monoisotopic (exact) mass is 379 g/mol. The van der Waals surface area contributed by atoms with E-state index in [0.29, 0.717) is 11.1 Å². The normalized spacial score (nSPS) is 11.5. The van der Waals surface area contributed by atoms with Gasteiger partial charge in [-0.25, -0.2) is 0 Å². The van der Waals surface area contributed by atoms with Gasteiger partial charge in [-0.15, -0.1) is 11.6 Å². The van der Waals surface area contributed by atoms with Gasteiger partial charge >= 0.3 is 6.18 Å². The van der Waals surface area contributed by atoms with Crippen LogP contribution in [0.25, 0.3) is 0 Å². The van der Waals surface area contributed by atoms with Crippen LogP contribution >= 0.6 is 27.5 Å². The molecule has 7 heteroatoms. The van der Waals surface area contributed by atoms with E-state index in [1.165, 1.54) is 18.3 Å². The quantitative estimate of drug-likeness (QED) is 0.682. The molecule has 2 aromatic rings.